The van der Waals surface area contributed by atoms with Crippen molar-refractivity contribution in [2.24, 2.45) is 5.73 Å². The van der Waals surface area contributed by atoms with Crippen LogP contribution in [0.3, 0.4) is 0 Å². The summed E-state index contributed by atoms with van der Waals surface area (Å²) in [6.45, 7) is 0.249. The van der Waals surface area contributed by atoms with Gasteiger partial charge in [-0.2, -0.15) is 0 Å². The highest BCUT2D eigenvalue weighted by molar-refractivity contribution is 7.80. The lowest BCUT2D eigenvalue weighted by molar-refractivity contribution is 0.222. The van der Waals surface area contributed by atoms with E-state index in [1.165, 1.54) is 11.2 Å². The Morgan fingerprint density at radius 3 is 2.67 bits per heavy atom. The van der Waals surface area contributed by atoms with Gasteiger partial charge >= 0.3 is 6.03 Å². The molecule has 1 rings (SSSR count). The number of carbonyl (C=O) groups is 1. The number of rotatable bonds is 2. The highest BCUT2D eigenvalue weighted by atomic mass is 32.1. The topological polar surface area (TPSA) is 62.7 Å². The van der Waals surface area contributed by atoms with Gasteiger partial charge in [-0.25, -0.2) is 4.79 Å². The van der Waals surface area contributed by atoms with E-state index in [0.29, 0.717) is 10.9 Å². The molecule has 0 saturated heterocycles. The van der Waals surface area contributed by atoms with Gasteiger partial charge in [0, 0.05) is 14.1 Å². The lowest BCUT2D eigenvalue weighted by atomic mass is 10.4. The smallest absolute Gasteiger partial charge is 0.321 e. The summed E-state index contributed by atoms with van der Waals surface area (Å²) in [5, 5.41) is 0.360. The van der Waals surface area contributed by atoms with Crippen molar-refractivity contribution in [3.05, 3.63) is 24.2 Å². The number of nitrogens with zero attached hydrogens (tertiary/aromatic N) is 2. The summed E-state index contributed by atoms with van der Waals surface area (Å²) in [5.41, 5.74) is 5.22. The van der Waals surface area contributed by atoms with Crippen molar-refractivity contribution in [3.63, 3.8) is 0 Å². The fourth-order valence-corrected chi connectivity index (χ4v) is 1.19. The molecule has 0 radical (unpaired) electrons. The molecule has 0 aliphatic heterocycles. The maximum Gasteiger partial charge on any atom is 0.321 e. The number of thiocarbonyl (C=S) groups is 1. The maximum atomic E-state index is 11.2. The molecule has 5 nitrogen and oxygen atoms in total. The molecule has 1 aromatic rings. The Hall–Kier alpha value is -1.56. The van der Waals surface area contributed by atoms with Crippen LogP contribution in [0.25, 0.3) is 0 Å². The van der Waals surface area contributed by atoms with Gasteiger partial charge in [0.2, 0.25) is 0 Å². The molecule has 0 fully saturated rings. The molecule has 0 aromatic carbocycles. The molecule has 0 saturated carbocycles. The van der Waals surface area contributed by atoms with Crippen molar-refractivity contribution < 1.29 is 9.21 Å². The van der Waals surface area contributed by atoms with Gasteiger partial charge in [0.25, 0.3) is 0 Å². The lowest BCUT2D eigenvalue weighted by Crippen LogP contribution is -2.45. The highest BCUT2D eigenvalue weighted by Crippen LogP contribution is 2.07. The zero-order valence-corrected chi connectivity index (χ0v) is 9.45. The number of nitrogens with two attached hydrogens (primary N) is 1. The summed E-state index contributed by atoms with van der Waals surface area (Å²) in [5.74, 6) is 0.637. The fraction of sp³-hybridized carbons (Fsp3) is 0.333. The number of urea groups is 1. The average molecular weight is 227 g/mol. The average Bonchev–Trinajstić information content (AvgIpc) is 2.64. The van der Waals surface area contributed by atoms with E-state index in [0.717, 1.165) is 0 Å². The number of hydrogen-bond donors (Lipinski definition) is 1. The summed E-state index contributed by atoms with van der Waals surface area (Å²) in [6, 6.07) is 2.91. The molecule has 6 heteroatoms. The first-order chi connectivity index (χ1) is 7.02. The van der Waals surface area contributed by atoms with E-state index in [2.05, 4.69) is 0 Å². The van der Waals surface area contributed by atoms with Crippen LogP contribution in [0.5, 0.6) is 0 Å². The fourth-order valence-electron chi connectivity index (χ4n) is 1.04. The second-order valence-electron chi connectivity index (χ2n) is 3.18. The number of amides is 2. The highest BCUT2D eigenvalue weighted by Gasteiger charge is 2.18. The van der Waals surface area contributed by atoms with Crippen LogP contribution in [0, 0.1) is 0 Å². The Labute approximate surface area is 93.4 Å². The minimum Gasteiger partial charge on any atom is -0.467 e. The van der Waals surface area contributed by atoms with Crippen molar-refractivity contribution in [1.29, 1.82) is 0 Å². The summed E-state index contributed by atoms with van der Waals surface area (Å²) < 4.78 is 5.12. The summed E-state index contributed by atoms with van der Waals surface area (Å²) in [7, 11) is 3.50. The van der Waals surface area contributed by atoms with E-state index >= 15 is 0 Å². The summed E-state index contributed by atoms with van der Waals surface area (Å²) in [4.78, 5) is 14.1. The molecule has 0 aliphatic carbocycles. The molecule has 1 aromatic heterocycles. The molecule has 82 valence electrons. The van der Waals surface area contributed by atoms with Gasteiger partial charge in [-0.15, -0.1) is 0 Å². The Bertz CT molecular complexity index is 348. The number of carbonyl (C=O) groups excluding carboxylic acids is 1. The molecule has 0 aliphatic rings. The van der Waals surface area contributed by atoms with E-state index in [1.54, 1.807) is 31.1 Å². The van der Waals surface area contributed by atoms with E-state index in [-0.39, 0.29) is 6.54 Å². The molecule has 0 spiro atoms. The molecule has 2 amide bonds. The van der Waals surface area contributed by atoms with E-state index in [1.807, 2.05) is 0 Å². The second-order valence-corrected chi connectivity index (χ2v) is 3.55. The summed E-state index contributed by atoms with van der Waals surface area (Å²) >= 11 is 5.06. The Kier molecular flexibility index (Phi) is 3.68. The van der Waals surface area contributed by atoms with E-state index in [9.17, 15) is 4.79 Å². The Morgan fingerprint density at radius 2 is 2.27 bits per heavy atom. The minimum absolute atomic E-state index is 0.249. The standard InChI is InChI=1S/C9H13N3O2S/c1-11(2)9(15)12(8(10)13)6-7-4-3-5-14-7/h3-5H,6H2,1-2H3,(H2,10,13). The number of hydrogen-bond acceptors (Lipinski definition) is 3. The number of primary amides is 1. The first-order valence-corrected chi connectivity index (χ1v) is 4.74. The first-order valence-electron chi connectivity index (χ1n) is 4.33. The predicted octanol–water partition coefficient (Wildman–Crippen LogP) is 1.01. The predicted molar refractivity (Wildman–Crippen MR) is 60.1 cm³/mol. The van der Waals surface area contributed by atoms with Crippen LogP contribution in [-0.2, 0) is 6.54 Å². The van der Waals surface area contributed by atoms with Gasteiger partial charge in [0.1, 0.15) is 5.76 Å². The third-order valence-corrected chi connectivity index (χ3v) is 2.36. The largest absolute Gasteiger partial charge is 0.467 e. The third kappa shape index (κ3) is 2.95. The first kappa shape index (κ1) is 11.5. The molecule has 15 heavy (non-hydrogen) atoms. The van der Waals surface area contributed by atoms with Crippen LogP contribution in [0.15, 0.2) is 22.8 Å². The SMILES string of the molecule is CN(C)C(=S)N(Cc1ccco1)C(N)=O. The molecule has 2 N–H and O–H groups in total. The van der Waals surface area contributed by atoms with E-state index < -0.39 is 6.03 Å². The second kappa shape index (κ2) is 4.79. The van der Waals surface area contributed by atoms with E-state index in [4.69, 9.17) is 22.4 Å². The van der Waals surface area contributed by atoms with Crippen molar-refractivity contribution in [1.82, 2.24) is 9.80 Å². The van der Waals surface area contributed by atoms with Crippen molar-refractivity contribution >= 4 is 23.4 Å². The van der Waals surface area contributed by atoms with Gasteiger partial charge in [-0.1, -0.05) is 0 Å². The molecule has 0 bridgehead atoms. The van der Waals surface area contributed by atoms with Crippen LogP contribution < -0.4 is 5.73 Å². The molecule has 0 atom stereocenters. The van der Waals surface area contributed by atoms with Crippen molar-refractivity contribution in [2.75, 3.05) is 14.1 Å². The third-order valence-electron chi connectivity index (χ3n) is 1.77. The Balaban J connectivity index is 2.76. The van der Waals surface area contributed by atoms with Gasteiger partial charge < -0.3 is 15.1 Å². The van der Waals surface area contributed by atoms with Gasteiger partial charge in [-0.05, 0) is 24.4 Å². The normalized spacial score (nSPS) is 9.73. The van der Waals surface area contributed by atoms with Crippen LogP contribution in [0.4, 0.5) is 4.79 Å². The maximum absolute atomic E-state index is 11.2. The Morgan fingerprint density at radius 1 is 1.60 bits per heavy atom. The lowest BCUT2D eigenvalue weighted by Gasteiger charge is -2.24. The van der Waals surface area contributed by atoms with Crippen molar-refractivity contribution in [2.45, 2.75) is 6.54 Å². The summed E-state index contributed by atoms with van der Waals surface area (Å²) in [6.07, 6.45) is 1.53. The number of furan rings is 1. The van der Waals surface area contributed by atoms with Gasteiger partial charge in [0.15, 0.2) is 5.11 Å². The van der Waals surface area contributed by atoms with Crippen LogP contribution in [-0.4, -0.2) is 35.0 Å². The van der Waals surface area contributed by atoms with Crippen LogP contribution in [0.2, 0.25) is 0 Å². The minimum atomic E-state index is -0.592. The molecular formula is C9H13N3O2S. The molecular weight excluding hydrogens is 214 g/mol. The monoisotopic (exact) mass is 227 g/mol. The van der Waals surface area contributed by atoms with Gasteiger partial charge in [-0.3, -0.25) is 4.90 Å². The van der Waals surface area contributed by atoms with Gasteiger partial charge in [0.05, 0.1) is 12.8 Å². The quantitative estimate of drug-likeness (QED) is 0.766. The molecule has 1 heterocycles. The van der Waals surface area contributed by atoms with Crippen molar-refractivity contribution in [3.8, 4) is 0 Å². The van der Waals surface area contributed by atoms with Crippen LogP contribution >= 0.6 is 12.2 Å². The molecule has 0 unspecified atom stereocenters. The van der Waals surface area contributed by atoms with Crippen LogP contribution in [0.1, 0.15) is 5.76 Å². The zero-order valence-electron chi connectivity index (χ0n) is 8.64. The zero-order chi connectivity index (χ0) is 11.4.